The first-order chi connectivity index (χ1) is 10.7. The number of alkyl halides is 3. The zero-order valence-corrected chi connectivity index (χ0v) is 13.4. The maximum atomic E-state index is 12.1. The quantitative estimate of drug-likeness (QED) is 0.618. The van der Waals surface area contributed by atoms with E-state index in [1.807, 2.05) is 0 Å². The minimum atomic E-state index is -4.78. The number of nitro groups is 1. The molecule has 2 aromatic carbocycles. The van der Waals surface area contributed by atoms with Gasteiger partial charge in [-0.1, -0.05) is 23.7 Å². The highest BCUT2D eigenvalue weighted by molar-refractivity contribution is 6.31. The lowest BCUT2D eigenvalue weighted by Gasteiger charge is -2.15. The summed E-state index contributed by atoms with van der Waals surface area (Å²) in [6.45, 7) is 0. The van der Waals surface area contributed by atoms with Crippen LogP contribution in [0, 0.1) is 10.1 Å². The van der Waals surface area contributed by atoms with E-state index in [0.717, 1.165) is 12.1 Å². The first-order valence-electron chi connectivity index (χ1n) is 6.22. The average Bonchev–Trinajstić information content (AvgIpc) is 2.46. The predicted octanol–water partition coefficient (Wildman–Crippen LogP) is 4.62. The maximum Gasteiger partial charge on any atom is 0.573 e. The van der Waals surface area contributed by atoms with E-state index in [1.54, 1.807) is 0 Å². The van der Waals surface area contributed by atoms with E-state index in [0.29, 0.717) is 11.1 Å². The second-order valence-electron chi connectivity index (χ2n) is 4.56. The summed E-state index contributed by atoms with van der Waals surface area (Å²) in [7, 11) is 0. The molecule has 2 aromatic rings. The molecule has 0 heterocycles. The van der Waals surface area contributed by atoms with Crippen molar-refractivity contribution in [2.75, 3.05) is 0 Å². The van der Waals surface area contributed by atoms with Gasteiger partial charge in [0.05, 0.1) is 11.0 Å². The van der Waals surface area contributed by atoms with Crippen LogP contribution in [0.4, 0.5) is 18.9 Å². The lowest BCUT2D eigenvalue weighted by molar-refractivity contribution is -0.384. The molecule has 0 aliphatic heterocycles. The molecule has 0 spiro atoms. The van der Waals surface area contributed by atoms with Crippen molar-refractivity contribution in [3.8, 4) is 5.75 Å². The van der Waals surface area contributed by atoms with E-state index in [-0.39, 0.29) is 23.1 Å². The molecular formula is C14H11Cl2F3N2O3. The van der Waals surface area contributed by atoms with Crippen molar-refractivity contribution in [1.29, 1.82) is 0 Å². The second-order valence-corrected chi connectivity index (χ2v) is 4.96. The fourth-order valence-corrected chi connectivity index (χ4v) is 2.17. The fourth-order valence-electron chi connectivity index (χ4n) is 1.94. The lowest BCUT2D eigenvalue weighted by Crippen LogP contribution is -2.17. The summed E-state index contributed by atoms with van der Waals surface area (Å²) in [5, 5.41) is 11.0. The molecule has 0 saturated heterocycles. The Morgan fingerprint density at radius 3 is 2.25 bits per heavy atom. The van der Waals surface area contributed by atoms with Crippen LogP contribution in [0.5, 0.6) is 5.75 Å². The Morgan fingerprint density at radius 1 is 1.17 bits per heavy atom. The Morgan fingerprint density at radius 2 is 1.75 bits per heavy atom. The third-order valence-electron chi connectivity index (χ3n) is 3.00. The van der Waals surface area contributed by atoms with Crippen LogP contribution in [-0.4, -0.2) is 11.3 Å². The van der Waals surface area contributed by atoms with Crippen molar-refractivity contribution in [3.05, 3.63) is 68.7 Å². The van der Waals surface area contributed by atoms with Crippen molar-refractivity contribution >= 4 is 29.7 Å². The van der Waals surface area contributed by atoms with Crippen LogP contribution in [0.15, 0.2) is 42.5 Å². The second kappa shape index (κ2) is 7.69. The fraction of sp³-hybridized carbons (Fsp3) is 0.143. The number of nitrogens with two attached hydrogens (primary N) is 1. The van der Waals surface area contributed by atoms with Gasteiger partial charge in [-0.3, -0.25) is 10.1 Å². The van der Waals surface area contributed by atoms with Gasteiger partial charge in [-0.2, -0.15) is 0 Å². The molecule has 0 saturated carbocycles. The number of non-ortho nitro benzene ring substituents is 1. The van der Waals surface area contributed by atoms with Crippen LogP contribution in [0.25, 0.3) is 0 Å². The van der Waals surface area contributed by atoms with E-state index >= 15 is 0 Å². The number of nitro benzene ring substituents is 1. The first-order valence-corrected chi connectivity index (χ1v) is 6.60. The Labute approximate surface area is 145 Å². The molecule has 2 rings (SSSR count). The number of hydrogen-bond acceptors (Lipinski definition) is 4. The van der Waals surface area contributed by atoms with Gasteiger partial charge in [-0.05, 0) is 29.3 Å². The standard InChI is InChI=1S/C14H10ClF3N2O3.ClH/c15-12-6-3-9(20(21)22)7-11(12)13(19)8-1-4-10(5-2-8)23-14(16,17)18;/h1-7,13H,19H2;1H/t13-;/m1./s1. The normalized spacial score (nSPS) is 12.2. The van der Waals surface area contributed by atoms with Gasteiger partial charge in [0.25, 0.3) is 5.69 Å². The molecule has 0 unspecified atom stereocenters. The van der Waals surface area contributed by atoms with Gasteiger partial charge < -0.3 is 10.5 Å². The summed E-state index contributed by atoms with van der Waals surface area (Å²) < 4.78 is 40.1. The van der Waals surface area contributed by atoms with Crippen LogP contribution >= 0.6 is 24.0 Å². The van der Waals surface area contributed by atoms with Crippen molar-refractivity contribution in [2.45, 2.75) is 12.4 Å². The van der Waals surface area contributed by atoms with Crippen LogP contribution < -0.4 is 10.5 Å². The molecule has 10 heteroatoms. The molecule has 0 amide bonds. The third-order valence-corrected chi connectivity index (χ3v) is 3.34. The smallest absolute Gasteiger partial charge is 0.406 e. The van der Waals surface area contributed by atoms with Gasteiger partial charge in [0, 0.05) is 17.2 Å². The summed E-state index contributed by atoms with van der Waals surface area (Å²) in [5.74, 6) is -0.390. The van der Waals surface area contributed by atoms with E-state index in [2.05, 4.69) is 4.74 Å². The van der Waals surface area contributed by atoms with Crippen LogP contribution in [0.2, 0.25) is 5.02 Å². The van der Waals surface area contributed by atoms with Crippen LogP contribution in [0.3, 0.4) is 0 Å². The Bertz CT molecular complexity index is 724. The van der Waals surface area contributed by atoms with Crippen molar-refractivity contribution in [3.63, 3.8) is 0 Å². The Hall–Kier alpha value is -2.03. The summed E-state index contributed by atoms with van der Waals surface area (Å²) in [4.78, 5) is 10.2. The van der Waals surface area contributed by atoms with Crippen LogP contribution in [-0.2, 0) is 0 Å². The zero-order chi connectivity index (χ0) is 17.2. The molecule has 0 aliphatic carbocycles. The third kappa shape index (κ3) is 4.98. The van der Waals surface area contributed by atoms with Gasteiger partial charge in [0.1, 0.15) is 5.75 Å². The number of halogens is 5. The topological polar surface area (TPSA) is 78.4 Å². The van der Waals surface area contributed by atoms with Crippen molar-refractivity contribution in [1.82, 2.24) is 0 Å². The Kier molecular flexibility index (Phi) is 6.42. The number of nitrogens with zero attached hydrogens (tertiary/aromatic N) is 1. The molecule has 0 fully saturated rings. The molecule has 24 heavy (non-hydrogen) atoms. The average molecular weight is 383 g/mol. The molecule has 130 valence electrons. The number of hydrogen-bond donors (Lipinski definition) is 1. The van der Waals surface area contributed by atoms with Gasteiger partial charge in [-0.25, -0.2) is 0 Å². The van der Waals surface area contributed by atoms with Gasteiger partial charge in [0.15, 0.2) is 0 Å². The summed E-state index contributed by atoms with van der Waals surface area (Å²) in [6, 6.07) is 7.85. The molecule has 2 N–H and O–H groups in total. The number of rotatable bonds is 4. The minimum Gasteiger partial charge on any atom is -0.406 e. The van der Waals surface area contributed by atoms with Gasteiger partial charge >= 0.3 is 6.36 Å². The predicted molar refractivity (Wildman–Crippen MR) is 84.5 cm³/mol. The number of ether oxygens (including phenoxy) is 1. The summed E-state index contributed by atoms with van der Waals surface area (Å²) >= 11 is 5.99. The highest BCUT2D eigenvalue weighted by atomic mass is 35.5. The largest absolute Gasteiger partial charge is 0.573 e. The lowest BCUT2D eigenvalue weighted by atomic mass is 9.99. The minimum absolute atomic E-state index is 0. The maximum absolute atomic E-state index is 12.1. The molecule has 0 radical (unpaired) electrons. The molecular weight excluding hydrogens is 372 g/mol. The van der Waals surface area contributed by atoms with E-state index in [1.165, 1.54) is 30.3 Å². The van der Waals surface area contributed by atoms with E-state index in [9.17, 15) is 23.3 Å². The molecule has 5 nitrogen and oxygen atoms in total. The molecule has 1 atom stereocenters. The highest BCUT2D eigenvalue weighted by Gasteiger charge is 2.31. The SMILES string of the molecule is Cl.N[C@H](c1ccc(OC(F)(F)F)cc1)c1cc([N+](=O)[O-])ccc1Cl. The first kappa shape index (κ1) is 20.0. The summed E-state index contributed by atoms with van der Waals surface area (Å²) in [5.41, 5.74) is 6.54. The zero-order valence-electron chi connectivity index (χ0n) is 11.8. The Balaban J connectivity index is 0.00000288. The van der Waals surface area contributed by atoms with Crippen molar-refractivity contribution < 1.29 is 22.8 Å². The van der Waals surface area contributed by atoms with Gasteiger partial charge in [0.2, 0.25) is 0 Å². The molecule has 0 aliphatic rings. The van der Waals surface area contributed by atoms with Gasteiger partial charge in [-0.15, -0.1) is 25.6 Å². The van der Waals surface area contributed by atoms with Crippen molar-refractivity contribution in [2.24, 2.45) is 5.73 Å². The highest BCUT2D eigenvalue weighted by Crippen LogP contribution is 2.31. The number of benzene rings is 2. The molecule has 0 bridgehead atoms. The molecule has 0 aromatic heterocycles. The summed E-state index contributed by atoms with van der Waals surface area (Å²) in [6.07, 6.45) is -4.78. The monoisotopic (exact) mass is 382 g/mol. The van der Waals surface area contributed by atoms with E-state index < -0.39 is 23.1 Å². The van der Waals surface area contributed by atoms with E-state index in [4.69, 9.17) is 17.3 Å². The van der Waals surface area contributed by atoms with Crippen LogP contribution in [0.1, 0.15) is 17.2 Å².